The van der Waals surface area contributed by atoms with Crippen LogP contribution in [0.4, 0.5) is 4.39 Å². The number of phosphoric ester groups is 2. The largest absolute Gasteiger partial charge is 0.492 e. The predicted molar refractivity (Wildman–Crippen MR) is 103 cm³/mol. The summed E-state index contributed by atoms with van der Waals surface area (Å²) in [6.07, 6.45) is -1.02. The van der Waals surface area contributed by atoms with Crippen molar-refractivity contribution in [1.82, 2.24) is 9.55 Å². The Morgan fingerprint density at radius 1 is 1.16 bits per heavy atom. The summed E-state index contributed by atoms with van der Waals surface area (Å²) in [5, 5.41) is 0. The van der Waals surface area contributed by atoms with Gasteiger partial charge >= 0.3 is 29.2 Å². The van der Waals surface area contributed by atoms with Crippen LogP contribution in [0.3, 0.4) is 0 Å². The Labute approximate surface area is 180 Å². The fourth-order valence-electron chi connectivity index (χ4n) is 2.69. The van der Waals surface area contributed by atoms with Gasteiger partial charge in [-0.05, 0) is 6.42 Å². The van der Waals surface area contributed by atoms with Crippen LogP contribution in [0.1, 0.15) is 19.6 Å². The molecule has 0 saturated carbocycles. The average molecular weight is 526 g/mol. The zero-order chi connectivity index (χ0) is 24.3. The van der Waals surface area contributed by atoms with Crippen LogP contribution >= 0.6 is 23.5 Å². The lowest BCUT2D eigenvalue weighted by Gasteiger charge is -2.22. The third-order valence-electron chi connectivity index (χ3n) is 4.15. The molecule has 1 aliphatic rings. The molecule has 2 rings (SSSR count). The second-order valence-electron chi connectivity index (χ2n) is 6.37. The van der Waals surface area contributed by atoms with E-state index in [4.69, 9.17) is 9.26 Å². The minimum absolute atomic E-state index is 0.193. The standard InChI is InChI=1S/C13H22FN2O13P3/c1-8-5-9(27-12(8)16-6-10(14)11(17)15-13(16)18)7-26-30(19,20)28-32(22,25-4)29-31(21,23-2)24-3/h6,8-9,12H,5,7H2,1-4H3,(H,19,20)(H,15,17,18). The first-order valence-electron chi connectivity index (χ1n) is 8.70. The van der Waals surface area contributed by atoms with Gasteiger partial charge in [0.15, 0.2) is 0 Å². The van der Waals surface area contributed by atoms with Crippen LogP contribution in [-0.4, -0.2) is 48.5 Å². The van der Waals surface area contributed by atoms with Crippen molar-refractivity contribution in [3.05, 3.63) is 32.9 Å². The lowest BCUT2D eigenvalue weighted by molar-refractivity contribution is -0.0337. The molecule has 5 unspecified atom stereocenters. The van der Waals surface area contributed by atoms with E-state index in [-0.39, 0.29) is 6.42 Å². The third-order valence-corrected chi connectivity index (χ3v) is 9.19. The van der Waals surface area contributed by atoms with E-state index in [0.717, 1.165) is 25.9 Å². The number of rotatable bonds is 11. The lowest BCUT2D eigenvalue weighted by atomic mass is 10.1. The van der Waals surface area contributed by atoms with Gasteiger partial charge in [-0.2, -0.15) is 13.0 Å². The Morgan fingerprint density at radius 3 is 2.31 bits per heavy atom. The van der Waals surface area contributed by atoms with Crippen molar-refractivity contribution in [3.8, 4) is 0 Å². The molecule has 0 radical (unpaired) electrons. The summed E-state index contributed by atoms with van der Waals surface area (Å²) in [6, 6.07) is 0. The minimum atomic E-state index is -5.13. The molecule has 15 nitrogen and oxygen atoms in total. The van der Waals surface area contributed by atoms with Crippen LogP contribution in [0.5, 0.6) is 0 Å². The summed E-state index contributed by atoms with van der Waals surface area (Å²) in [7, 11) is -11.9. The van der Waals surface area contributed by atoms with Gasteiger partial charge in [0.05, 0.1) is 18.9 Å². The highest BCUT2D eigenvalue weighted by Crippen LogP contribution is 2.71. The van der Waals surface area contributed by atoms with Crippen molar-refractivity contribution >= 4 is 23.5 Å². The SMILES string of the molecule is COP(=O)(OC)OP(=O)(OC)OP(=O)(O)OCC1CC(C)C(n2cc(F)c(=O)[nH]c2=O)O1. The maximum atomic E-state index is 13.5. The van der Waals surface area contributed by atoms with E-state index >= 15 is 0 Å². The number of hydrogen-bond donors (Lipinski definition) is 2. The van der Waals surface area contributed by atoms with Gasteiger partial charge in [-0.1, -0.05) is 6.92 Å². The molecular formula is C13H22FN2O13P3. The van der Waals surface area contributed by atoms with Gasteiger partial charge in [0, 0.05) is 27.2 Å². The molecule has 184 valence electrons. The van der Waals surface area contributed by atoms with Gasteiger partial charge in [0.2, 0.25) is 5.82 Å². The van der Waals surface area contributed by atoms with Crippen molar-refractivity contribution in [2.24, 2.45) is 5.92 Å². The van der Waals surface area contributed by atoms with Crippen molar-refractivity contribution in [1.29, 1.82) is 0 Å². The Kier molecular flexibility index (Phi) is 8.93. The van der Waals surface area contributed by atoms with Gasteiger partial charge in [-0.25, -0.2) is 18.5 Å². The highest BCUT2D eigenvalue weighted by Gasteiger charge is 2.45. The van der Waals surface area contributed by atoms with E-state index < -0.39 is 65.4 Å². The Hall–Kier alpha value is -1.02. The van der Waals surface area contributed by atoms with E-state index in [2.05, 4.69) is 22.2 Å². The van der Waals surface area contributed by atoms with E-state index in [1.54, 1.807) is 11.9 Å². The summed E-state index contributed by atoms with van der Waals surface area (Å²) in [4.78, 5) is 34.7. The van der Waals surface area contributed by atoms with Gasteiger partial charge in [-0.15, -0.1) is 0 Å². The maximum Gasteiger partial charge on any atom is 0.492 e. The molecule has 0 aromatic carbocycles. The molecule has 0 spiro atoms. The summed E-state index contributed by atoms with van der Waals surface area (Å²) in [5.41, 5.74) is -2.10. The molecule has 1 aliphatic heterocycles. The monoisotopic (exact) mass is 526 g/mol. The lowest BCUT2D eigenvalue weighted by Crippen LogP contribution is -2.35. The fraction of sp³-hybridized carbons (Fsp3) is 0.692. The van der Waals surface area contributed by atoms with Crippen LogP contribution in [0.25, 0.3) is 0 Å². The molecule has 1 aromatic rings. The number of phosphoric acid groups is 3. The first-order chi connectivity index (χ1) is 14.8. The number of nitrogens with zero attached hydrogens (tertiary/aromatic N) is 1. The summed E-state index contributed by atoms with van der Waals surface area (Å²) < 4.78 is 83.2. The molecule has 2 heterocycles. The van der Waals surface area contributed by atoms with E-state index in [9.17, 15) is 32.6 Å². The van der Waals surface area contributed by atoms with Crippen molar-refractivity contribution in [3.63, 3.8) is 0 Å². The molecule has 0 amide bonds. The second kappa shape index (κ2) is 10.5. The number of nitrogens with one attached hydrogen (secondary N) is 1. The molecule has 5 atom stereocenters. The number of halogens is 1. The number of H-pyrrole nitrogens is 1. The van der Waals surface area contributed by atoms with Crippen LogP contribution < -0.4 is 11.2 Å². The van der Waals surface area contributed by atoms with E-state index in [1.807, 2.05) is 0 Å². The van der Waals surface area contributed by atoms with Crippen molar-refractivity contribution < 1.29 is 54.4 Å². The predicted octanol–water partition coefficient (Wildman–Crippen LogP) is 1.90. The zero-order valence-corrected chi connectivity index (χ0v) is 19.9. The Bertz CT molecular complexity index is 1070. The van der Waals surface area contributed by atoms with Gasteiger partial charge < -0.3 is 9.63 Å². The van der Waals surface area contributed by atoms with Crippen molar-refractivity contribution in [2.75, 3.05) is 27.9 Å². The highest BCUT2D eigenvalue weighted by molar-refractivity contribution is 7.67. The van der Waals surface area contributed by atoms with Gasteiger partial charge in [0.25, 0.3) is 5.56 Å². The molecule has 1 fully saturated rings. The molecule has 1 aromatic heterocycles. The Morgan fingerprint density at radius 2 is 1.75 bits per heavy atom. The van der Waals surface area contributed by atoms with Crippen LogP contribution in [0.15, 0.2) is 15.8 Å². The zero-order valence-electron chi connectivity index (χ0n) is 17.2. The molecule has 0 bridgehead atoms. The smallest absolute Gasteiger partial charge is 0.352 e. The molecule has 2 N–H and O–H groups in total. The third kappa shape index (κ3) is 6.75. The summed E-state index contributed by atoms with van der Waals surface area (Å²) in [5.74, 6) is -1.60. The van der Waals surface area contributed by atoms with Crippen molar-refractivity contribution in [2.45, 2.75) is 25.7 Å². The molecule has 19 heteroatoms. The van der Waals surface area contributed by atoms with E-state index in [1.165, 1.54) is 0 Å². The normalized spacial score (nSPS) is 25.4. The number of hydrogen-bond acceptors (Lipinski definition) is 12. The number of ether oxygens (including phenoxy) is 1. The first-order valence-corrected chi connectivity index (χ1v) is 13.1. The molecule has 1 saturated heterocycles. The topological polar surface area (TPSA) is 191 Å². The second-order valence-corrected chi connectivity index (χ2v) is 11.8. The molecular weight excluding hydrogens is 504 g/mol. The van der Waals surface area contributed by atoms with Crippen LogP contribution in [0, 0.1) is 11.7 Å². The summed E-state index contributed by atoms with van der Waals surface area (Å²) in [6.45, 7) is 1.06. The highest BCUT2D eigenvalue weighted by atomic mass is 31.3. The minimum Gasteiger partial charge on any atom is -0.352 e. The summed E-state index contributed by atoms with van der Waals surface area (Å²) >= 11 is 0. The Balaban J connectivity index is 2.05. The van der Waals surface area contributed by atoms with Crippen LogP contribution in [-0.2, 0) is 45.1 Å². The van der Waals surface area contributed by atoms with Crippen LogP contribution in [0.2, 0.25) is 0 Å². The number of aromatic amines is 1. The molecule has 32 heavy (non-hydrogen) atoms. The fourth-order valence-corrected chi connectivity index (χ4v) is 6.82. The van der Waals surface area contributed by atoms with Gasteiger partial charge in [0.1, 0.15) is 6.23 Å². The van der Waals surface area contributed by atoms with Gasteiger partial charge in [-0.3, -0.25) is 32.4 Å². The first kappa shape index (κ1) is 27.2. The maximum absolute atomic E-state index is 13.5. The quantitative estimate of drug-likeness (QED) is 0.398. The van der Waals surface area contributed by atoms with E-state index in [0.29, 0.717) is 6.20 Å². The number of aromatic nitrogens is 2. The molecule has 0 aliphatic carbocycles. The average Bonchev–Trinajstić information content (AvgIpc) is 3.09.